The second-order valence-electron chi connectivity index (χ2n) is 5.08. The zero-order chi connectivity index (χ0) is 15.2. The van der Waals surface area contributed by atoms with Gasteiger partial charge >= 0.3 is 5.97 Å². The van der Waals surface area contributed by atoms with E-state index in [4.69, 9.17) is 9.84 Å². The van der Waals surface area contributed by atoms with Gasteiger partial charge in [0.25, 0.3) is 0 Å². The number of methoxy groups -OCH3 is 1. The minimum absolute atomic E-state index is 0.0420. The fourth-order valence-corrected chi connectivity index (χ4v) is 3.19. The van der Waals surface area contributed by atoms with Crippen molar-refractivity contribution < 1.29 is 19.4 Å². The highest BCUT2D eigenvalue weighted by Crippen LogP contribution is 2.16. The van der Waals surface area contributed by atoms with Gasteiger partial charge < -0.3 is 20.1 Å². The molecule has 1 fully saturated rings. The van der Waals surface area contributed by atoms with E-state index >= 15 is 0 Å². The number of carboxylic acid groups (broad SMARTS) is 1. The van der Waals surface area contributed by atoms with Crippen LogP contribution in [0.1, 0.15) is 28.1 Å². The van der Waals surface area contributed by atoms with Gasteiger partial charge in [0.2, 0.25) is 5.91 Å². The van der Waals surface area contributed by atoms with E-state index in [2.05, 4.69) is 5.32 Å². The Bertz CT molecular complexity index is 495. The van der Waals surface area contributed by atoms with Gasteiger partial charge in [0.05, 0.1) is 5.56 Å². The maximum atomic E-state index is 11.7. The molecule has 1 aliphatic rings. The summed E-state index contributed by atoms with van der Waals surface area (Å²) in [5, 5.41) is 14.0. The lowest BCUT2D eigenvalue weighted by molar-refractivity contribution is -0.136. The normalized spacial score (nSPS) is 16.1. The van der Waals surface area contributed by atoms with E-state index < -0.39 is 5.97 Å². The fourth-order valence-electron chi connectivity index (χ4n) is 2.38. The van der Waals surface area contributed by atoms with Crippen molar-refractivity contribution in [1.29, 1.82) is 0 Å². The first-order valence-electron chi connectivity index (χ1n) is 6.91. The molecule has 2 heterocycles. The van der Waals surface area contributed by atoms with Gasteiger partial charge in [-0.15, -0.1) is 11.3 Å². The smallest absolute Gasteiger partial charge is 0.336 e. The van der Waals surface area contributed by atoms with Gasteiger partial charge in [-0.05, 0) is 18.9 Å². The Morgan fingerprint density at radius 2 is 2.19 bits per heavy atom. The highest BCUT2D eigenvalue weighted by molar-refractivity contribution is 7.10. The summed E-state index contributed by atoms with van der Waals surface area (Å²) in [5.74, 6) is -0.845. The van der Waals surface area contributed by atoms with Crippen molar-refractivity contribution in [2.45, 2.75) is 25.4 Å². The summed E-state index contributed by atoms with van der Waals surface area (Å²) in [4.78, 5) is 25.3. The van der Waals surface area contributed by atoms with E-state index in [1.54, 1.807) is 11.4 Å². The topological polar surface area (TPSA) is 78.9 Å². The Labute approximate surface area is 127 Å². The van der Waals surface area contributed by atoms with Crippen molar-refractivity contribution in [2.24, 2.45) is 0 Å². The lowest BCUT2D eigenvalue weighted by Crippen LogP contribution is -2.45. The van der Waals surface area contributed by atoms with Gasteiger partial charge in [0.15, 0.2) is 0 Å². The minimum atomic E-state index is -0.887. The van der Waals surface area contributed by atoms with Crippen LogP contribution in [0.2, 0.25) is 0 Å². The first kappa shape index (κ1) is 15.9. The molecule has 1 aromatic rings. The molecule has 0 saturated carbocycles. The number of carboxylic acids is 1. The quantitative estimate of drug-likeness (QED) is 0.824. The van der Waals surface area contributed by atoms with Crippen LogP contribution >= 0.6 is 11.3 Å². The van der Waals surface area contributed by atoms with Crippen molar-refractivity contribution >= 4 is 23.2 Å². The summed E-state index contributed by atoms with van der Waals surface area (Å²) < 4.78 is 4.86. The minimum Gasteiger partial charge on any atom is -0.478 e. The van der Waals surface area contributed by atoms with Crippen LogP contribution in [0.25, 0.3) is 0 Å². The van der Waals surface area contributed by atoms with Crippen LogP contribution in [0.3, 0.4) is 0 Å². The van der Waals surface area contributed by atoms with Crippen molar-refractivity contribution in [3.63, 3.8) is 0 Å². The van der Waals surface area contributed by atoms with E-state index in [1.165, 1.54) is 18.4 Å². The van der Waals surface area contributed by atoms with Crippen LogP contribution in [-0.2, 0) is 16.1 Å². The first-order valence-corrected chi connectivity index (χ1v) is 7.79. The van der Waals surface area contributed by atoms with Gasteiger partial charge in [-0.1, -0.05) is 0 Å². The molecule has 1 aromatic heterocycles. The number of carbonyl (C=O) groups excluding carboxylic acids is 1. The summed E-state index contributed by atoms with van der Waals surface area (Å²) in [5.41, 5.74) is 0.344. The summed E-state index contributed by atoms with van der Waals surface area (Å²) in [7, 11) is 1.53. The second-order valence-corrected chi connectivity index (χ2v) is 6.07. The second kappa shape index (κ2) is 7.53. The van der Waals surface area contributed by atoms with Crippen molar-refractivity contribution in [1.82, 2.24) is 10.2 Å². The van der Waals surface area contributed by atoms with Crippen LogP contribution < -0.4 is 5.32 Å². The number of rotatable bonds is 6. The molecule has 7 heteroatoms. The number of thiophene rings is 1. The first-order chi connectivity index (χ1) is 10.1. The molecule has 1 aliphatic heterocycles. The summed E-state index contributed by atoms with van der Waals surface area (Å²) in [6.07, 6.45) is 1.82. The molecule has 6 nitrogen and oxygen atoms in total. The molecule has 0 aromatic carbocycles. The van der Waals surface area contributed by atoms with Gasteiger partial charge in [-0.3, -0.25) is 4.79 Å². The number of nitrogens with one attached hydrogen (secondary N) is 1. The molecule has 0 unspecified atom stereocenters. The number of carbonyl (C=O) groups is 2. The summed E-state index contributed by atoms with van der Waals surface area (Å²) in [6.45, 7) is 2.30. The van der Waals surface area contributed by atoms with Crippen molar-refractivity contribution in [3.05, 3.63) is 21.9 Å². The van der Waals surface area contributed by atoms with Crippen molar-refractivity contribution in [3.8, 4) is 0 Å². The van der Waals surface area contributed by atoms with Crippen LogP contribution in [0.4, 0.5) is 0 Å². The van der Waals surface area contributed by atoms with Gasteiger partial charge in [-0.25, -0.2) is 4.79 Å². The molecule has 2 N–H and O–H groups in total. The van der Waals surface area contributed by atoms with E-state index in [0.29, 0.717) is 18.2 Å². The molecule has 21 heavy (non-hydrogen) atoms. The maximum Gasteiger partial charge on any atom is 0.336 e. The highest BCUT2D eigenvalue weighted by Gasteiger charge is 2.22. The Morgan fingerprint density at radius 3 is 2.76 bits per heavy atom. The Morgan fingerprint density at radius 1 is 1.48 bits per heavy atom. The number of hydrogen-bond acceptors (Lipinski definition) is 5. The Hall–Kier alpha value is -1.44. The van der Waals surface area contributed by atoms with Crippen molar-refractivity contribution in [2.75, 3.05) is 26.8 Å². The molecular weight excluding hydrogens is 292 g/mol. The molecule has 0 bridgehead atoms. The monoisotopic (exact) mass is 312 g/mol. The fraction of sp³-hybridized carbons (Fsp3) is 0.571. The largest absolute Gasteiger partial charge is 0.478 e. The third kappa shape index (κ3) is 4.52. The number of aromatic carboxylic acids is 1. The summed E-state index contributed by atoms with van der Waals surface area (Å²) in [6, 6.07) is 2.07. The standard InChI is InChI=1S/C14H20N2O4S/c1-20-8-13(17)16-4-2-11(3-5-16)15-7-12-6-10(9-21-12)14(18)19/h6,9,11,15H,2-5,7-8H2,1H3,(H,18,19). The SMILES string of the molecule is COCC(=O)N1CCC(NCc2cc(C(=O)O)cs2)CC1. The number of hydrogen-bond donors (Lipinski definition) is 2. The molecule has 2 rings (SSSR count). The lowest BCUT2D eigenvalue weighted by Gasteiger charge is -2.32. The number of amides is 1. The van der Waals surface area contributed by atoms with Crippen LogP contribution in [-0.4, -0.2) is 54.7 Å². The number of nitrogens with zero attached hydrogens (tertiary/aromatic N) is 1. The average molecular weight is 312 g/mol. The molecule has 0 aliphatic carbocycles. The predicted octanol–water partition coefficient (Wildman–Crippen LogP) is 1.17. The number of piperidine rings is 1. The molecule has 0 atom stereocenters. The number of likely N-dealkylation sites (tertiary alicyclic amines) is 1. The maximum absolute atomic E-state index is 11.7. The van der Waals surface area contributed by atoms with Gasteiger partial charge in [0.1, 0.15) is 6.61 Å². The summed E-state index contributed by atoms with van der Waals surface area (Å²) >= 11 is 1.45. The Kier molecular flexibility index (Phi) is 5.72. The molecule has 1 amide bonds. The van der Waals surface area contributed by atoms with Crippen LogP contribution in [0, 0.1) is 0 Å². The third-order valence-electron chi connectivity index (χ3n) is 3.58. The Balaban J connectivity index is 1.73. The predicted molar refractivity (Wildman–Crippen MR) is 79.6 cm³/mol. The molecular formula is C14H20N2O4S. The van der Waals surface area contributed by atoms with Crippen LogP contribution in [0.15, 0.2) is 11.4 Å². The molecule has 116 valence electrons. The van der Waals surface area contributed by atoms with E-state index in [0.717, 1.165) is 30.8 Å². The van der Waals surface area contributed by atoms with E-state index in [-0.39, 0.29) is 12.5 Å². The average Bonchev–Trinajstić information content (AvgIpc) is 2.95. The van der Waals surface area contributed by atoms with E-state index in [1.807, 2.05) is 4.90 Å². The number of ether oxygens (including phenoxy) is 1. The van der Waals surface area contributed by atoms with Gasteiger partial charge in [0, 0.05) is 43.0 Å². The lowest BCUT2D eigenvalue weighted by atomic mass is 10.0. The van der Waals surface area contributed by atoms with Gasteiger partial charge in [-0.2, -0.15) is 0 Å². The molecule has 0 radical (unpaired) electrons. The zero-order valence-corrected chi connectivity index (χ0v) is 12.8. The van der Waals surface area contributed by atoms with Crippen LogP contribution in [0.5, 0.6) is 0 Å². The van der Waals surface area contributed by atoms with E-state index in [9.17, 15) is 9.59 Å². The molecule has 0 spiro atoms. The highest BCUT2D eigenvalue weighted by atomic mass is 32.1. The zero-order valence-electron chi connectivity index (χ0n) is 12.0. The third-order valence-corrected chi connectivity index (χ3v) is 4.52. The molecule has 1 saturated heterocycles.